The normalized spacial score (nSPS) is 15.8. The van der Waals surface area contributed by atoms with Crippen LogP contribution in [-0.2, 0) is 0 Å². The van der Waals surface area contributed by atoms with Gasteiger partial charge < -0.3 is 26.2 Å². The van der Waals surface area contributed by atoms with Crippen molar-refractivity contribution in [3.05, 3.63) is 83.8 Å². The second-order valence-corrected chi connectivity index (χ2v) is 10.4. The van der Waals surface area contributed by atoms with Crippen LogP contribution in [0, 0.1) is 0 Å². The zero-order chi connectivity index (χ0) is 28.2. The molecule has 0 saturated carbocycles. The number of carbonyl (C=O) groups is 2. The maximum atomic E-state index is 13.2. The zero-order valence-corrected chi connectivity index (χ0v) is 23.0. The molecule has 10 heteroatoms. The van der Waals surface area contributed by atoms with E-state index < -0.39 is 5.91 Å². The number of primary amides is 1. The van der Waals surface area contributed by atoms with Crippen LogP contribution < -0.4 is 21.3 Å². The molecule has 1 saturated heterocycles. The molecule has 1 aliphatic rings. The first-order chi connectivity index (χ1) is 19.3. The number of para-hydroxylation sites is 1. The van der Waals surface area contributed by atoms with Gasteiger partial charge in [-0.25, -0.2) is 15.0 Å². The third kappa shape index (κ3) is 5.86. The number of nitrogens with two attached hydrogens (primary N) is 1. The minimum atomic E-state index is -0.542. The van der Waals surface area contributed by atoms with Gasteiger partial charge in [0.05, 0.1) is 17.1 Å². The molecule has 3 heterocycles. The highest BCUT2D eigenvalue weighted by Gasteiger charge is 2.22. The van der Waals surface area contributed by atoms with E-state index in [4.69, 9.17) is 5.73 Å². The number of pyridine rings is 1. The van der Waals surface area contributed by atoms with E-state index in [9.17, 15) is 9.59 Å². The van der Waals surface area contributed by atoms with Crippen molar-refractivity contribution in [2.45, 2.75) is 31.8 Å². The van der Waals surface area contributed by atoms with Gasteiger partial charge in [0, 0.05) is 42.0 Å². The molecule has 1 aliphatic heterocycles. The van der Waals surface area contributed by atoms with Gasteiger partial charge in [0.15, 0.2) is 0 Å². The van der Waals surface area contributed by atoms with Gasteiger partial charge in [-0.15, -0.1) is 0 Å². The highest BCUT2D eigenvalue weighted by Crippen LogP contribution is 2.28. The predicted molar refractivity (Wildman–Crippen MR) is 158 cm³/mol. The monoisotopic (exact) mass is 538 g/mol. The molecule has 10 nitrogen and oxygen atoms in total. The summed E-state index contributed by atoms with van der Waals surface area (Å²) >= 11 is 0. The van der Waals surface area contributed by atoms with Crippen LogP contribution in [0.3, 0.4) is 0 Å². The Labute approximate surface area is 233 Å². The summed E-state index contributed by atoms with van der Waals surface area (Å²) in [6.45, 7) is 3.79. The number of hydrogen-bond donors (Lipinski definition) is 3. The summed E-state index contributed by atoms with van der Waals surface area (Å²) in [6, 6.07) is 16.9. The molecular formula is C30H34N8O2. The molecule has 206 valence electrons. The first-order valence-electron chi connectivity index (χ1n) is 13.4. The van der Waals surface area contributed by atoms with Crippen LogP contribution in [0.1, 0.15) is 52.1 Å². The first-order valence-corrected chi connectivity index (χ1v) is 13.4. The fraction of sp³-hybridized carbons (Fsp3) is 0.300. The summed E-state index contributed by atoms with van der Waals surface area (Å²) in [4.78, 5) is 42.7. The topological polar surface area (TPSA) is 129 Å². The van der Waals surface area contributed by atoms with E-state index in [1.807, 2.05) is 50.5 Å². The van der Waals surface area contributed by atoms with Gasteiger partial charge in [0.25, 0.3) is 11.8 Å². The third-order valence-electron chi connectivity index (χ3n) is 7.19. The summed E-state index contributed by atoms with van der Waals surface area (Å²) in [5, 5.41) is 7.27. The second-order valence-electron chi connectivity index (χ2n) is 10.4. The number of nitrogens with zero attached hydrogens (tertiary/aromatic N) is 5. The standard InChI is InChI=1S/C30H34N8O2/c1-19-7-6-14-38(19)26-16-21(12-13-32-26)30(40)35-22-9-4-8-20(15-22)25(17-37(2)3)36-29-24-11-5-10-23(28(31)39)27(24)33-18-34-29/h4-5,8-13,15-16,18-19,25H,6-7,14,17H2,1-3H3,(H2,31,39)(H,35,40)(H,33,34,36). The van der Waals surface area contributed by atoms with Crippen LogP contribution in [0.25, 0.3) is 10.9 Å². The molecule has 4 aromatic rings. The number of aromatic nitrogens is 3. The number of nitrogens with one attached hydrogen (secondary N) is 2. The zero-order valence-electron chi connectivity index (χ0n) is 23.0. The SMILES string of the molecule is CC1CCCN1c1cc(C(=O)Nc2cccc(C(CN(C)C)Nc3ncnc4c(C(N)=O)cccc34)c2)ccn1. The Kier molecular flexibility index (Phi) is 7.88. The van der Waals surface area contributed by atoms with Crippen molar-refractivity contribution in [2.24, 2.45) is 5.73 Å². The fourth-order valence-electron chi connectivity index (χ4n) is 5.19. The molecule has 4 N–H and O–H groups in total. The summed E-state index contributed by atoms with van der Waals surface area (Å²) in [5.41, 5.74) is 8.62. The largest absolute Gasteiger partial charge is 0.366 e. The van der Waals surface area contributed by atoms with Gasteiger partial charge in [0.1, 0.15) is 18.0 Å². The molecule has 0 aliphatic carbocycles. The Morgan fingerprint density at radius 1 is 1.10 bits per heavy atom. The summed E-state index contributed by atoms with van der Waals surface area (Å²) < 4.78 is 0. The van der Waals surface area contributed by atoms with Crippen LogP contribution in [0.2, 0.25) is 0 Å². The molecule has 2 aromatic carbocycles. The molecule has 0 spiro atoms. The maximum absolute atomic E-state index is 13.2. The Hall–Kier alpha value is -4.57. The van der Waals surface area contributed by atoms with Gasteiger partial charge in [-0.2, -0.15) is 0 Å². The Bertz CT molecular complexity index is 1540. The molecule has 40 heavy (non-hydrogen) atoms. The number of anilines is 3. The number of benzene rings is 2. The number of amides is 2. The van der Waals surface area contributed by atoms with E-state index in [1.54, 1.807) is 24.4 Å². The van der Waals surface area contributed by atoms with Gasteiger partial charge >= 0.3 is 0 Å². The fourth-order valence-corrected chi connectivity index (χ4v) is 5.19. The van der Waals surface area contributed by atoms with E-state index >= 15 is 0 Å². The second kappa shape index (κ2) is 11.7. The minimum Gasteiger partial charge on any atom is -0.366 e. The molecule has 2 aromatic heterocycles. The number of carbonyl (C=O) groups excluding carboxylic acids is 2. The molecule has 0 radical (unpaired) electrons. The molecule has 2 amide bonds. The lowest BCUT2D eigenvalue weighted by Crippen LogP contribution is -2.27. The molecule has 1 fully saturated rings. The average molecular weight is 539 g/mol. The third-order valence-corrected chi connectivity index (χ3v) is 7.19. The van der Waals surface area contributed by atoms with Crippen LogP contribution >= 0.6 is 0 Å². The molecule has 0 bridgehead atoms. The van der Waals surface area contributed by atoms with Crippen LogP contribution in [0.15, 0.2) is 67.1 Å². The van der Waals surface area contributed by atoms with Crippen molar-refractivity contribution in [3.63, 3.8) is 0 Å². The predicted octanol–water partition coefficient (Wildman–Crippen LogP) is 4.08. The number of hydrogen-bond acceptors (Lipinski definition) is 8. The first kappa shape index (κ1) is 27.0. The van der Waals surface area contributed by atoms with Crippen molar-refractivity contribution in [3.8, 4) is 0 Å². The number of rotatable bonds is 9. The highest BCUT2D eigenvalue weighted by molar-refractivity contribution is 6.07. The number of fused-ring (bicyclic) bond motifs is 1. The minimum absolute atomic E-state index is 0.175. The lowest BCUT2D eigenvalue weighted by molar-refractivity contribution is 0.0998. The molecular weight excluding hydrogens is 504 g/mol. The van der Waals surface area contributed by atoms with Gasteiger partial charge in [-0.05, 0) is 75.8 Å². The van der Waals surface area contributed by atoms with Crippen molar-refractivity contribution < 1.29 is 9.59 Å². The summed E-state index contributed by atoms with van der Waals surface area (Å²) in [5.74, 6) is 0.693. The van der Waals surface area contributed by atoms with E-state index in [1.165, 1.54) is 6.33 Å². The van der Waals surface area contributed by atoms with E-state index in [0.717, 1.165) is 30.8 Å². The summed E-state index contributed by atoms with van der Waals surface area (Å²) in [7, 11) is 3.98. The van der Waals surface area contributed by atoms with Gasteiger partial charge in [-0.1, -0.05) is 18.2 Å². The van der Waals surface area contributed by atoms with E-state index in [0.29, 0.717) is 46.1 Å². The van der Waals surface area contributed by atoms with Gasteiger partial charge in [0.2, 0.25) is 0 Å². The number of likely N-dealkylation sites (N-methyl/N-ethyl adjacent to an activating group) is 1. The highest BCUT2D eigenvalue weighted by atomic mass is 16.2. The van der Waals surface area contributed by atoms with Crippen molar-refractivity contribution in [1.82, 2.24) is 19.9 Å². The molecule has 5 rings (SSSR count). The van der Waals surface area contributed by atoms with Crippen molar-refractivity contribution in [2.75, 3.05) is 42.7 Å². The molecule has 2 unspecified atom stereocenters. The summed E-state index contributed by atoms with van der Waals surface area (Å²) in [6.07, 6.45) is 5.38. The van der Waals surface area contributed by atoms with E-state index in [2.05, 4.69) is 42.3 Å². The van der Waals surface area contributed by atoms with Crippen molar-refractivity contribution in [1.29, 1.82) is 0 Å². The van der Waals surface area contributed by atoms with E-state index in [-0.39, 0.29) is 11.9 Å². The average Bonchev–Trinajstić information content (AvgIpc) is 3.38. The lowest BCUT2D eigenvalue weighted by atomic mass is 10.0. The Morgan fingerprint density at radius 2 is 1.93 bits per heavy atom. The quantitative estimate of drug-likeness (QED) is 0.291. The Balaban J connectivity index is 1.39. The van der Waals surface area contributed by atoms with Crippen LogP contribution in [0.4, 0.5) is 17.3 Å². The van der Waals surface area contributed by atoms with Crippen LogP contribution in [-0.4, -0.2) is 64.9 Å². The lowest BCUT2D eigenvalue weighted by Gasteiger charge is -2.24. The smallest absolute Gasteiger partial charge is 0.255 e. The van der Waals surface area contributed by atoms with Crippen molar-refractivity contribution >= 4 is 40.0 Å². The molecule has 2 atom stereocenters. The van der Waals surface area contributed by atoms with Gasteiger partial charge in [-0.3, -0.25) is 9.59 Å². The maximum Gasteiger partial charge on any atom is 0.255 e. The Morgan fingerprint density at radius 3 is 2.67 bits per heavy atom. The van der Waals surface area contributed by atoms with Crippen LogP contribution in [0.5, 0.6) is 0 Å².